The van der Waals surface area contributed by atoms with E-state index in [4.69, 9.17) is 72.6 Å². The quantitative estimate of drug-likeness (QED) is 0.0488. The average Bonchev–Trinajstić information content (AvgIpc) is 4.22. The van der Waals surface area contributed by atoms with E-state index >= 15 is 0 Å². The molecule has 0 N–H and O–H groups in total. The van der Waals surface area contributed by atoms with Gasteiger partial charge in [-0.3, -0.25) is 0 Å². The Balaban J connectivity index is 0.000000388. The van der Waals surface area contributed by atoms with E-state index in [1.54, 1.807) is 64.0 Å². The maximum Gasteiger partial charge on any atom is 0.503 e. The minimum absolute atomic E-state index is 0.333. The summed E-state index contributed by atoms with van der Waals surface area (Å²) in [5.41, 5.74) is 0.515. The van der Waals surface area contributed by atoms with E-state index in [0.717, 1.165) is 37.5 Å². The molecular formula is C38H81NO15Si4. The second-order valence-corrected chi connectivity index (χ2v) is 26.5. The van der Waals surface area contributed by atoms with E-state index in [9.17, 15) is 0 Å². The minimum atomic E-state index is -2.54. The Morgan fingerprint density at radius 3 is 1.55 bits per heavy atom. The number of hydrogen-bond acceptors (Lipinski definition) is 16. The number of rotatable bonds is 27. The smallest absolute Gasteiger partial charge is 0.379 e. The summed E-state index contributed by atoms with van der Waals surface area (Å²) in [6.45, 7) is 9.66. The molecule has 58 heavy (non-hydrogen) atoms. The van der Waals surface area contributed by atoms with Crippen LogP contribution in [0.3, 0.4) is 0 Å². The summed E-state index contributed by atoms with van der Waals surface area (Å²) >= 11 is 0. The van der Waals surface area contributed by atoms with Gasteiger partial charge in [0.25, 0.3) is 0 Å². The van der Waals surface area contributed by atoms with Crippen LogP contribution in [0, 0.1) is 17.2 Å². The van der Waals surface area contributed by atoms with Crippen LogP contribution in [-0.4, -0.2) is 157 Å². The molecule has 4 unspecified atom stereocenters. The van der Waals surface area contributed by atoms with E-state index in [0.29, 0.717) is 69.4 Å². The first-order valence-electron chi connectivity index (χ1n) is 21.1. The number of epoxide rings is 2. The van der Waals surface area contributed by atoms with Crippen molar-refractivity contribution in [2.24, 2.45) is 5.92 Å². The van der Waals surface area contributed by atoms with Gasteiger partial charge >= 0.3 is 35.2 Å². The zero-order valence-corrected chi connectivity index (χ0v) is 42.1. The summed E-state index contributed by atoms with van der Waals surface area (Å²) in [5, 5.41) is 8.54. The largest absolute Gasteiger partial charge is 0.503 e. The van der Waals surface area contributed by atoms with Gasteiger partial charge in [0.05, 0.1) is 31.5 Å². The molecule has 20 heteroatoms. The third-order valence-electron chi connectivity index (χ3n) is 10.9. The second kappa shape index (κ2) is 31.6. The van der Waals surface area contributed by atoms with Crippen molar-refractivity contribution in [3.63, 3.8) is 0 Å². The molecule has 4 atom stereocenters. The van der Waals surface area contributed by atoms with Gasteiger partial charge < -0.3 is 67.3 Å². The molecule has 2 saturated carbocycles. The lowest BCUT2D eigenvalue weighted by Crippen LogP contribution is -2.48. The monoisotopic (exact) mass is 903 g/mol. The molecule has 0 bridgehead atoms. The predicted octanol–water partition coefficient (Wildman–Crippen LogP) is 6.64. The number of hydrogen-bond donors (Lipinski definition) is 0. The topological polar surface area (TPSA) is 169 Å². The fourth-order valence-corrected chi connectivity index (χ4v) is 16.0. The Bertz CT molecular complexity index is 1000. The Labute approximate surface area is 355 Å². The fraction of sp³-hybridized carbons (Fsp3) is 0.974. The molecule has 2 aliphatic carbocycles. The summed E-state index contributed by atoms with van der Waals surface area (Å²) in [7, 11) is 5.42. The van der Waals surface area contributed by atoms with E-state index in [-0.39, 0.29) is 0 Å². The SMILES string of the molecule is CCO[Si](CCC#N)(OCC)OCC.CO[Si](CCC1CCC2OC2C1)(OC)OC.CO[Si](CCCOCC1CO1)(OC)OC.CO[Si](OC)(OC)C1CCCCC1. The lowest BCUT2D eigenvalue weighted by molar-refractivity contribution is 0.0716. The van der Waals surface area contributed by atoms with Crippen molar-refractivity contribution in [3.05, 3.63) is 0 Å². The molecule has 0 aromatic carbocycles. The van der Waals surface area contributed by atoms with Gasteiger partial charge in [-0.2, -0.15) is 5.26 Å². The normalized spacial score (nSPS) is 21.9. The van der Waals surface area contributed by atoms with E-state index < -0.39 is 35.2 Å². The summed E-state index contributed by atoms with van der Waals surface area (Å²) in [4.78, 5) is 0. The number of nitriles is 1. The number of ether oxygens (including phenoxy) is 3. The van der Waals surface area contributed by atoms with Crippen LogP contribution in [0.15, 0.2) is 0 Å². The van der Waals surface area contributed by atoms with Crippen LogP contribution in [-0.2, 0) is 67.3 Å². The van der Waals surface area contributed by atoms with Crippen LogP contribution in [0.4, 0.5) is 0 Å². The van der Waals surface area contributed by atoms with Crippen molar-refractivity contribution in [1.29, 1.82) is 5.26 Å². The van der Waals surface area contributed by atoms with Crippen molar-refractivity contribution < 1.29 is 67.3 Å². The molecule has 4 rings (SSSR count). The van der Waals surface area contributed by atoms with Crippen molar-refractivity contribution >= 4 is 35.2 Å². The zero-order chi connectivity index (χ0) is 43.3. The molecule has 0 amide bonds. The van der Waals surface area contributed by atoms with Gasteiger partial charge in [-0.25, -0.2) is 0 Å². The Morgan fingerprint density at radius 2 is 1.12 bits per heavy atom. The second-order valence-electron chi connectivity index (χ2n) is 14.3. The maximum atomic E-state index is 8.54. The molecule has 0 spiro atoms. The first kappa shape index (κ1) is 55.8. The van der Waals surface area contributed by atoms with Crippen LogP contribution < -0.4 is 0 Å². The van der Waals surface area contributed by atoms with Crippen molar-refractivity contribution in [1.82, 2.24) is 0 Å². The minimum Gasteiger partial charge on any atom is -0.379 e. The molecule has 4 fully saturated rings. The summed E-state index contributed by atoms with van der Waals surface area (Å²) in [6.07, 6.45) is 14.0. The highest BCUT2D eigenvalue weighted by Gasteiger charge is 2.48. The zero-order valence-electron chi connectivity index (χ0n) is 38.1. The van der Waals surface area contributed by atoms with Crippen molar-refractivity contribution in [2.75, 3.05) is 104 Å². The lowest BCUT2D eigenvalue weighted by Gasteiger charge is -2.34. The molecule has 16 nitrogen and oxygen atoms in total. The molecule has 4 aliphatic rings. The van der Waals surface area contributed by atoms with Crippen LogP contribution in [0.5, 0.6) is 0 Å². The molecule has 0 aromatic rings. The highest BCUT2D eigenvalue weighted by molar-refractivity contribution is 6.62. The van der Waals surface area contributed by atoms with Gasteiger partial charge in [0, 0.05) is 121 Å². The lowest BCUT2D eigenvalue weighted by atomic mass is 9.88. The first-order valence-corrected chi connectivity index (χ1v) is 28.7. The van der Waals surface area contributed by atoms with Gasteiger partial charge in [0.1, 0.15) is 6.10 Å². The molecule has 2 aliphatic heterocycles. The molecule has 2 saturated heterocycles. The first-order chi connectivity index (χ1) is 28.0. The van der Waals surface area contributed by atoms with Gasteiger partial charge in [0.15, 0.2) is 0 Å². The molecule has 0 radical (unpaired) electrons. The highest BCUT2D eigenvalue weighted by atomic mass is 28.4. The van der Waals surface area contributed by atoms with Crippen molar-refractivity contribution in [3.8, 4) is 6.07 Å². The number of fused-ring (bicyclic) bond motifs is 1. The van der Waals surface area contributed by atoms with Crippen LogP contribution >= 0.6 is 0 Å². The van der Waals surface area contributed by atoms with Gasteiger partial charge in [-0.05, 0) is 71.6 Å². The highest BCUT2D eigenvalue weighted by Crippen LogP contribution is 2.42. The molecular weight excluding hydrogens is 823 g/mol. The van der Waals surface area contributed by atoms with Gasteiger partial charge in [-0.1, -0.05) is 19.3 Å². The summed E-state index contributed by atoms with van der Waals surface area (Å²) < 4.78 is 81.2. The molecule has 2 heterocycles. The third-order valence-corrected chi connectivity index (χ3v) is 22.8. The predicted molar refractivity (Wildman–Crippen MR) is 228 cm³/mol. The Kier molecular flexibility index (Phi) is 30.4. The number of nitrogens with zero attached hydrogens (tertiary/aromatic N) is 1. The van der Waals surface area contributed by atoms with Crippen LogP contribution in [0.1, 0.15) is 91.4 Å². The summed E-state index contributed by atoms with van der Waals surface area (Å²) in [6, 6.07) is 4.37. The van der Waals surface area contributed by atoms with Crippen molar-refractivity contribution in [2.45, 2.75) is 133 Å². The van der Waals surface area contributed by atoms with Gasteiger partial charge in [-0.15, -0.1) is 0 Å². The summed E-state index contributed by atoms with van der Waals surface area (Å²) in [5.74, 6) is 0.760. The van der Waals surface area contributed by atoms with E-state index in [1.165, 1.54) is 51.4 Å². The molecule has 344 valence electrons. The fourth-order valence-electron chi connectivity index (χ4n) is 7.43. The maximum absolute atomic E-state index is 8.54. The van der Waals surface area contributed by atoms with Gasteiger partial charge in [0.2, 0.25) is 0 Å². The van der Waals surface area contributed by atoms with E-state index in [1.807, 2.05) is 20.8 Å². The van der Waals surface area contributed by atoms with E-state index in [2.05, 4.69) is 6.07 Å². The standard InChI is InChI=1S/C11H22O4Si.C9H19NO3Si.C9H20O5Si.C9H20O3Si/c1-12-16(13-2,14-3)7-6-9-4-5-10-11(8-9)15-10;1-4-11-14(12-5-2,13-6-3)9-7-8-10;1-10-15(11-2,12-3)6-4-5-13-7-9-8-14-9;1-10-13(11-2,12-3)9-7-5-4-6-8-9/h9-11H,4-8H2,1-3H3;4-7,9H2,1-3H3;9H,4-8H2,1-3H3;9H,4-8H2,1-3H3. The third kappa shape index (κ3) is 20.3. The average molecular weight is 904 g/mol. The van der Waals surface area contributed by atoms with Crippen LogP contribution in [0.25, 0.3) is 0 Å². The molecule has 0 aromatic heterocycles. The Morgan fingerprint density at radius 1 is 0.603 bits per heavy atom. The Hall–Kier alpha value is -0.242. The van der Waals surface area contributed by atoms with Crippen LogP contribution in [0.2, 0.25) is 23.7 Å².